The SMILES string of the molecule is CC1(C)CN(c2ccccc2NC(=O)Nc2nc3ccc(Cl)cc3s2)c2c(O)cc(F)c(-c3cc(C(F)(F)F)no3)c21. The molecule has 14 heteroatoms. The largest absolute Gasteiger partial charge is 0.506 e. The van der Waals surface area contributed by atoms with E-state index in [2.05, 4.69) is 20.8 Å². The molecule has 0 aliphatic carbocycles. The van der Waals surface area contributed by atoms with Crippen LogP contribution in [0.15, 0.2) is 59.1 Å². The van der Waals surface area contributed by atoms with Gasteiger partial charge in [0.05, 0.1) is 32.8 Å². The van der Waals surface area contributed by atoms with Gasteiger partial charge in [0.2, 0.25) is 0 Å². The van der Waals surface area contributed by atoms with E-state index in [0.29, 0.717) is 33.1 Å². The van der Waals surface area contributed by atoms with Crippen LogP contribution in [0.25, 0.3) is 21.5 Å². The summed E-state index contributed by atoms with van der Waals surface area (Å²) < 4.78 is 60.7. The summed E-state index contributed by atoms with van der Waals surface area (Å²) in [4.78, 5) is 19.0. The summed E-state index contributed by atoms with van der Waals surface area (Å²) in [6, 6.07) is 12.8. The maximum absolute atomic E-state index is 15.3. The number of halogens is 5. The molecule has 1 aliphatic heterocycles. The van der Waals surface area contributed by atoms with Gasteiger partial charge < -0.3 is 19.8 Å². The van der Waals surface area contributed by atoms with Gasteiger partial charge in [0.15, 0.2) is 16.6 Å². The number of aromatic hydroxyl groups is 1. The minimum Gasteiger partial charge on any atom is -0.506 e. The molecule has 3 aromatic carbocycles. The second-order valence-corrected chi connectivity index (χ2v) is 11.7. The zero-order valence-electron chi connectivity index (χ0n) is 21.8. The van der Waals surface area contributed by atoms with Crippen molar-refractivity contribution in [3.63, 3.8) is 0 Å². The van der Waals surface area contributed by atoms with Crippen LogP contribution in [0, 0.1) is 5.82 Å². The van der Waals surface area contributed by atoms with E-state index >= 15 is 4.39 Å². The average molecular weight is 618 g/mol. The molecule has 2 aromatic heterocycles. The molecule has 2 amide bonds. The number of rotatable bonds is 4. The van der Waals surface area contributed by atoms with Crippen molar-refractivity contribution in [1.29, 1.82) is 0 Å². The summed E-state index contributed by atoms with van der Waals surface area (Å²) in [5, 5.41) is 20.4. The van der Waals surface area contributed by atoms with Crippen LogP contribution in [0.4, 0.5) is 44.5 Å². The van der Waals surface area contributed by atoms with Gasteiger partial charge in [-0.25, -0.2) is 14.2 Å². The van der Waals surface area contributed by atoms with Crippen molar-refractivity contribution < 1.29 is 32.0 Å². The number of hydrogen-bond donors (Lipinski definition) is 3. The molecule has 0 unspecified atom stereocenters. The fourth-order valence-electron chi connectivity index (χ4n) is 5.10. The van der Waals surface area contributed by atoms with E-state index in [1.807, 2.05) is 0 Å². The normalized spacial score (nSPS) is 14.3. The number of nitrogens with one attached hydrogen (secondary N) is 2. The predicted molar refractivity (Wildman–Crippen MR) is 152 cm³/mol. The highest BCUT2D eigenvalue weighted by Gasteiger charge is 2.44. The molecule has 1 aliphatic rings. The van der Waals surface area contributed by atoms with E-state index in [1.165, 1.54) is 11.3 Å². The number of carbonyl (C=O) groups excluding carboxylic acids is 1. The first-order valence-corrected chi connectivity index (χ1v) is 13.6. The summed E-state index contributed by atoms with van der Waals surface area (Å²) in [7, 11) is 0. The standard InChI is InChI=1S/C28H20ClF4N5O3S/c1-27(2)12-38(24-18(39)10-14(30)22(23(24)27)19-11-21(37-41-19)28(31,32)33)17-6-4-3-5-15(17)34-25(40)36-26-35-16-8-7-13(29)9-20(16)42-26/h3-11,39H,12H2,1-2H3,(H2,34,35,36,40). The molecule has 0 atom stereocenters. The molecule has 0 saturated heterocycles. The van der Waals surface area contributed by atoms with Crippen molar-refractivity contribution in [2.24, 2.45) is 0 Å². The maximum atomic E-state index is 15.3. The molecule has 0 spiro atoms. The van der Waals surface area contributed by atoms with Crippen molar-refractivity contribution in [2.75, 3.05) is 22.1 Å². The zero-order valence-corrected chi connectivity index (χ0v) is 23.4. The van der Waals surface area contributed by atoms with Gasteiger partial charge in [-0.1, -0.05) is 54.1 Å². The van der Waals surface area contributed by atoms with Crippen LogP contribution in [0.5, 0.6) is 5.75 Å². The van der Waals surface area contributed by atoms with Gasteiger partial charge >= 0.3 is 12.2 Å². The molecular weight excluding hydrogens is 598 g/mol. The highest BCUT2D eigenvalue weighted by Crippen LogP contribution is 2.54. The third kappa shape index (κ3) is 4.88. The highest BCUT2D eigenvalue weighted by molar-refractivity contribution is 7.22. The van der Waals surface area contributed by atoms with Gasteiger partial charge in [-0.05, 0) is 30.3 Å². The number of carbonyl (C=O) groups is 1. The second-order valence-electron chi connectivity index (χ2n) is 10.2. The van der Waals surface area contributed by atoms with Crippen LogP contribution >= 0.6 is 22.9 Å². The summed E-state index contributed by atoms with van der Waals surface area (Å²) in [5.74, 6) is -1.82. The number of para-hydroxylation sites is 2. The summed E-state index contributed by atoms with van der Waals surface area (Å²) >= 11 is 7.29. The number of alkyl halides is 3. The quantitative estimate of drug-likeness (QED) is 0.175. The lowest BCUT2D eigenvalue weighted by Crippen LogP contribution is -2.27. The van der Waals surface area contributed by atoms with Gasteiger partial charge in [0.25, 0.3) is 0 Å². The molecule has 5 aromatic rings. The number of nitrogens with zero attached hydrogens (tertiary/aromatic N) is 3. The minimum absolute atomic E-state index is 0.166. The fraction of sp³-hybridized carbons (Fsp3) is 0.179. The molecule has 42 heavy (non-hydrogen) atoms. The van der Waals surface area contributed by atoms with Crippen LogP contribution in [-0.4, -0.2) is 27.8 Å². The van der Waals surface area contributed by atoms with Crippen LogP contribution in [0.2, 0.25) is 5.02 Å². The molecule has 216 valence electrons. The molecule has 0 bridgehead atoms. The Hall–Kier alpha value is -4.36. The number of thiazole rings is 1. The molecule has 3 heterocycles. The molecule has 6 rings (SSSR count). The van der Waals surface area contributed by atoms with Crippen LogP contribution in [0.1, 0.15) is 25.1 Å². The van der Waals surface area contributed by atoms with Crippen molar-refractivity contribution in [3.8, 4) is 17.1 Å². The predicted octanol–water partition coefficient (Wildman–Crippen LogP) is 8.54. The number of benzene rings is 3. The molecule has 8 nitrogen and oxygen atoms in total. The number of fused-ring (bicyclic) bond motifs is 2. The van der Waals surface area contributed by atoms with E-state index in [-0.39, 0.29) is 23.4 Å². The molecule has 3 N–H and O–H groups in total. The Morgan fingerprint density at radius 2 is 1.90 bits per heavy atom. The first kappa shape index (κ1) is 27.8. The van der Waals surface area contributed by atoms with Crippen LogP contribution in [0.3, 0.4) is 0 Å². The van der Waals surface area contributed by atoms with Crippen molar-refractivity contribution in [1.82, 2.24) is 10.1 Å². The Morgan fingerprint density at radius 1 is 1.14 bits per heavy atom. The summed E-state index contributed by atoms with van der Waals surface area (Å²) in [5.41, 5.74) is -0.544. The maximum Gasteiger partial charge on any atom is 0.436 e. The van der Waals surface area contributed by atoms with E-state index < -0.39 is 40.6 Å². The van der Waals surface area contributed by atoms with Crippen molar-refractivity contribution in [3.05, 3.63) is 76.7 Å². The van der Waals surface area contributed by atoms with E-state index in [9.17, 15) is 23.1 Å². The van der Waals surface area contributed by atoms with Gasteiger partial charge in [0.1, 0.15) is 11.6 Å². The fourth-order valence-corrected chi connectivity index (χ4v) is 6.24. The Bertz CT molecular complexity index is 1870. The van der Waals surface area contributed by atoms with Gasteiger partial charge in [0, 0.05) is 34.7 Å². The third-order valence-corrected chi connectivity index (χ3v) is 7.96. The minimum atomic E-state index is -4.79. The van der Waals surface area contributed by atoms with Gasteiger partial charge in [-0.15, -0.1) is 0 Å². The third-order valence-electron chi connectivity index (χ3n) is 6.79. The number of amides is 2. The van der Waals surface area contributed by atoms with Crippen LogP contribution in [-0.2, 0) is 11.6 Å². The van der Waals surface area contributed by atoms with E-state index in [1.54, 1.807) is 61.2 Å². The number of aromatic nitrogens is 2. The number of phenolic OH excluding ortho intramolecular Hbond substituents is 1. The number of anilines is 4. The Balaban J connectivity index is 1.36. The molecular formula is C28H20ClF4N5O3S. The smallest absolute Gasteiger partial charge is 0.436 e. The Labute approximate surface area is 244 Å². The summed E-state index contributed by atoms with van der Waals surface area (Å²) in [6.07, 6.45) is -4.79. The lowest BCUT2D eigenvalue weighted by Gasteiger charge is -2.25. The van der Waals surface area contributed by atoms with Crippen molar-refractivity contribution >= 4 is 61.4 Å². The average Bonchev–Trinajstić information content (AvgIpc) is 3.60. The molecule has 0 saturated carbocycles. The highest BCUT2D eigenvalue weighted by atomic mass is 35.5. The van der Waals surface area contributed by atoms with Gasteiger partial charge in [-0.2, -0.15) is 13.2 Å². The molecule has 0 radical (unpaired) electrons. The Kier molecular flexibility index (Phi) is 6.54. The topological polar surface area (TPSA) is 104 Å². The first-order valence-electron chi connectivity index (χ1n) is 12.4. The lowest BCUT2D eigenvalue weighted by molar-refractivity contribution is -0.142. The summed E-state index contributed by atoms with van der Waals surface area (Å²) in [6.45, 7) is 3.71. The molecule has 0 fully saturated rings. The van der Waals surface area contributed by atoms with Gasteiger partial charge in [-0.3, -0.25) is 5.32 Å². The lowest BCUT2D eigenvalue weighted by atomic mass is 9.82. The van der Waals surface area contributed by atoms with Crippen LogP contribution < -0.4 is 15.5 Å². The first-order chi connectivity index (χ1) is 19.8. The zero-order chi connectivity index (χ0) is 30.0. The number of phenols is 1. The van der Waals surface area contributed by atoms with Crippen molar-refractivity contribution in [2.45, 2.75) is 25.4 Å². The number of hydrogen-bond acceptors (Lipinski definition) is 7. The monoisotopic (exact) mass is 617 g/mol. The Morgan fingerprint density at radius 3 is 2.64 bits per heavy atom. The second kappa shape index (κ2) is 9.88. The van der Waals surface area contributed by atoms with E-state index in [4.69, 9.17) is 16.1 Å². The number of urea groups is 1. The van der Waals surface area contributed by atoms with E-state index in [0.717, 1.165) is 10.8 Å².